The maximum absolute atomic E-state index is 13.2. The van der Waals surface area contributed by atoms with E-state index in [1.54, 1.807) is 23.5 Å². The van der Waals surface area contributed by atoms with E-state index in [-0.39, 0.29) is 17.7 Å². The van der Waals surface area contributed by atoms with Gasteiger partial charge in [-0.3, -0.25) is 4.79 Å². The predicted molar refractivity (Wildman–Crippen MR) is 154 cm³/mol. The Morgan fingerprint density at radius 2 is 1.83 bits per heavy atom. The normalized spacial score (nSPS) is 20.4. The molecule has 2 saturated heterocycles. The van der Waals surface area contributed by atoms with Crippen molar-refractivity contribution < 1.29 is 27.4 Å². The molecule has 3 aliphatic heterocycles. The van der Waals surface area contributed by atoms with Crippen molar-refractivity contribution in [2.75, 3.05) is 26.2 Å². The van der Waals surface area contributed by atoms with Gasteiger partial charge in [0.2, 0.25) is 5.88 Å². The number of amides is 1. The van der Waals surface area contributed by atoms with Gasteiger partial charge in [0.05, 0.1) is 10.6 Å². The first kappa shape index (κ1) is 28.6. The van der Waals surface area contributed by atoms with Crippen LogP contribution in [0.3, 0.4) is 0 Å². The van der Waals surface area contributed by atoms with Crippen LogP contribution >= 0.6 is 11.3 Å². The molecule has 6 rings (SSSR count). The van der Waals surface area contributed by atoms with Crippen LogP contribution in [0.2, 0.25) is 0 Å². The van der Waals surface area contributed by atoms with Gasteiger partial charge in [0.25, 0.3) is 5.91 Å². The van der Waals surface area contributed by atoms with Crippen molar-refractivity contribution in [2.24, 2.45) is 0 Å². The molecule has 1 amide bonds. The van der Waals surface area contributed by atoms with Crippen molar-refractivity contribution in [3.63, 3.8) is 0 Å². The molecule has 6 nitrogen and oxygen atoms in total. The zero-order valence-electron chi connectivity index (χ0n) is 23.3. The minimum absolute atomic E-state index is 0.00857. The summed E-state index contributed by atoms with van der Waals surface area (Å²) < 4.78 is 51.2. The molecule has 0 saturated carbocycles. The molecule has 0 atom stereocenters. The maximum Gasteiger partial charge on any atom is 0.416 e. The number of allylic oxidation sites excluding steroid dienone is 4. The smallest absolute Gasteiger partial charge is 0.416 e. The maximum atomic E-state index is 13.2. The van der Waals surface area contributed by atoms with Crippen LogP contribution in [-0.2, 0) is 15.7 Å². The van der Waals surface area contributed by atoms with Gasteiger partial charge < -0.3 is 19.3 Å². The van der Waals surface area contributed by atoms with E-state index in [2.05, 4.69) is 23.1 Å². The molecule has 2 fully saturated rings. The molecule has 0 bridgehead atoms. The molecule has 4 aliphatic rings. The third kappa shape index (κ3) is 6.59. The summed E-state index contributed by atoms with van der Waals surface area (Å²) in [4.78, 5) is 21.9. The first-order chi connectivity index (χ1) is 20.3. The van der Waals surface area contributed by atoms with Gasteiger partial charge >= 0.3 is 6.18 Å². The minimum atomic E-state index is -4.35. The van der Waals surface area contributed by atoms with Crippen LogP contribution in [0.4, 0.5) is 13.2 Å². The molecular formula is C32H34F3N3O3S. The molecule has 222 valence electrons. The van der Waals surface area contributed by atoms with Crippen molar-refractivity contribution in [3.05, 3.63) is 99.4 Å². The molecule has 1 aromatic heterocycles. The number of aromatic nitrogens is 1. The Morgan fingerprint density at radius 1 is 1.05 bits per heavy atom. The minimum Gasteiger partial charge on any atom is -0.464 e. The lowest BCUT2D eigenvalue weighted by molar-refractivity contribution is -0.137. The Balaban J connectivity index is 0.986. The number of hydrogen-bond acceptors (Lipinski definition) is 6. The summed E-state index contributed by atoms with van der Waals surface area (Å²) in [6.07, 6.45) is 11.3. The summed E-state index contributed by atoms with van der Waals surface area (Å²) in [5.74, 6) is 1.74. The fourth-order valence-corrected chi connectivity index (χ4v) is 7.02. The number of alkyl halides is 3. The number of carbonyl (C=O) groups is 1. The second kappa shape index (κ2) is 12.4. The van der Waals surface area contributed by atoms with Gasteiger partial charge in [-0.25, -0.2) is 4.98 Å². The van der Waals surface area contributed by atoms with Gasteiger partial charge in [0.1, 0.15) is 17.7 Å². The van der Waals surface area contributed by atoms with Crippen molar-refractivity contribution in [2.45, 2.75) is 63.0 Å². The highest BCUT2D eigenvalue weighted by molar-refractivity contribution is 7.09. The second-order valence-corrected chi connectivity index (χ2v) is 12.2. The van der Waals surface area contributed by atoms with E-state index in [1.165, 1.54) is 29.0 Å². The number of likely N-dealkylation sites (tertiary alicyclic amines) is 2. The van der Waals surface area contributed by atoms with Crippen molar-refractivity contribution in [1.29, 1.82) is 0 Å². The zero-order valence-corrected chi connectivity index (χ0v) is 24.1. The van der Waals surface area contributed by atoms with E-state index in [0.29, 0.717) is 37.2 Å². The molecule has 0 spiro atoms. The largest absolute Gasteiger partial charge is 0.464 e. The highest BCUT2D eigenvalue weighted by Gasteiger charge is 2.33. The van der Waals surface area contributed by atoms with Gasteiger partial charge in [-0.1, -0.05) is 42.0 Å². The number of thiazole rings is 1. The molecule has 1 aliphatic carbocycles. The zero-order chi connectivity index (χ0) is 29.1. The first-order valence-electron chi connectivity index (χ1n) is 14.6. The van der Waals surface area contributed by atoms with Crippen LogP contribution in [0.25, 0.3) is 0 Å². The number of ether oxygens (including phenoxy) is 2. The SMILES string of the molecule is O=C(c1csc(C2CCN(C3=COC=C(CC4=CC=CCC4)O3)CC2)n1)N1CCC(c2cccc(C(F)(F)F)c2)CC1. The van der Waals surface area contributed by atoms with Crippen LogP contribution in [0.1, 0.15) is 83.4 Å². The second-order valence-electron chi connectivity index (χ2n) is 11.3. The summed E-state index contributed by atoms with van der Waals surface area (Å²) >= 11 is 1.53. The van der Waals surface area contributed by atoms with Crippen LogP contribution in [-0.4, -0.2) is 46.9 Å². The number of benzene rings is 1. The standard InChI is InChI=1S/C32H34F3N3O3S/c33-32(34,35)26-8-4-7-25(18-26)23-9-15-38(16-10-23)31(39)28-21-42-30(36-28)24-11-13-37(14-12-24)29-20-40-19-27(41-29)17-22-5-2-1-3-6-22/h1-2,4-5,7-8,18-21,23-24H,3,6,9-17H2. The van der Waals surface area contributed by atoms with Crippen LogP contribution in [0.15, 0.2) is 77.6 Å². The van der Waals surface area contributed by atoms with Gasteiger partial charge in [0, 0.05) is 43.9 Å². The van der Waals surface area contributed by atoms with E-state index >= 15 is 0 Å². The highest BCUT2D eigenvalue weighted by atomic mass is 32.1. The average Bonchev–Trinajstić information content (AvgIpc) is 3.52. The molecule has 0 radical (unpaired) electrons. The van der Waals surface area contributed by atoms with Crippen molar-refractivity contribution in [1.82, 2.24) is 14.8 Å². The number of rotatable bonds is 6. The van der Waals surface area contributed by atoms with Gasteiger partial charge in [-0.15, -0.1) is 11.3 Å². The first-order valence-corrected chi connectivity index (χ1v) is 15.5. The molecule has 42 heavy (non-hydrogen) atoms. The van der Waals surface area contributed by atoms with Crippen LogP contribution < -0.4 is 0 Å². The van der Waals surface area contributed by atoms with E-state index in [9.17, 15) is 18.0 Å². The predicted octanol–water partition coefficient (Wildman–Crippen LogP) is 7.71. The topological polar surface area (TPSA) is 54.9 Å². The lowest BCUT2D eigenvalue weighted by atomic mass is 9.88. The van der Waals surface area contributed by atoms with E-state index in [4.69, 9.17) is 14.5 Å². The number of hydrogen-bond donors (Lipinski definition) is 0. The summed E-state index contributed by atoms with van der Waals surface area (Å²) in [5, 5.41) is 2.82. The number of carbonyl (C=O) groups excluding carboxylic acids is 1. The highest BCUT2D eigenvalue weighted by Crippen LogP contribution is 2.36. The van der Waals surface area contributed by atoms with Gasteiger partial charge in [0.15, 0.2) is 6.26 Å². The monoisotopic (exact) mass is 597 g/mol. The summed E-state index contributed by atoms with van der Waals surface area (Å²) in [6.45, 7) is 2.63. The van der Waals surface area contributed by atoms with Gasteiger partial charge in [-0.2, -0.15) is 13.2 Å². The summed E-state index contributed by atoms with van der Waals surface area (Å²) in [6, 6.07) is 5.56. The van der Waals surface area contributed by atoms with E-state index < -0.39 is 11.7 Å². The fourth-order valence-electron chi connectivity index (χ4n) is 6.06. The van der Waals surface area contributed by atoms with Crippen molar-refractivity contribution >= 4 is 17.2 Å². The Kier molecular flexibility index (Phi) is 8.42. The Morgan fingerprint density at radius 3 is 2.57 bits per heavy atom. The third-order valence-corrected chi connectivity index (χ3v) is 9.48. The Hall–Kier alpha value is -3.53. The quantitative estimate of drug-likeness (QED) is 0.341. The van der Waals surface area contributed by atoms with E-state index in [0.717, 1.165) is 67.9 Å². The molecule has 2 aromatic rings. The Bertz CT molecular complexity index is 1410. The summed E-state index contributed by atoms with van der Waals surface area (Å²) in [7, 11) is 0. The fraction of sp³-hybridized carbons (Fsp3) is 0.438. The summed E-state index contributed by atoms with van der Waals surface area (Å²) in [5.41, 5.74) is 1.86. The van der Waals surface area contributed by atoms with Crippen LogP contribution in [0, 0.1) is 0 Å². The number of piperidine rings is 2. The average molecular weight is 598 g/mol. The molecule has 1 aromatic carbocycles. The van der Waals surface area contributed by atoms with Gasteiger partial charge in [-0.05, 0) is 56.1 Å². The van der Waals surface area contributed by atoms with Crippen LogP contribution in [0.5, 0.6) is 0 Å². The van der Waals surface area contributed by atoms with Crippen molar-refractivity contribution in [3.8, 4) is 0 Å². The molecular weight excluding hydrogens is 563 g/mol. The van der Waals surface area contributed by atoms with E-state index in [1.807, 2.05) is 5.38 Å². The lowest BCUT2D eigenvalue weighted by Gasteiger charge is -2.34. The molecule has 0 N–H and O–H groups in total. The number of nitrogens with zero attached hydrogens (tertiary/aromatic N) is 3. The lowest BCUT2D eigenvalue weighted by Crippen LogP contribution is -2.38. The molecule has 4 heterocycles. The Labute approximate surface area is 247 Å². The molecule has 10 heteroatoms. The number of halogens is 3. The third-order valence-electron chi connectivity index (χ3n) is 8.47. The molecule has 0 unspecified atom stereocenters.